The van der Waals surface area contributed by atoms with Crippen molar-refractivity contribution in [2.45, 2.75) is 37.0 Å². The Morgan fingerprint density at radius 3 is 2.40 bits per heavy atom. The minimum atomic E-state index is -0.729. The first kappa shape index (κ1) is 34.2. The second kappa shape index (κ2) is 14.8. The van der Waals surface area contributed by atoms with Crippen molar-refractivity contribution in [3.63, 3.8) is 0 Å². The summed E-state index contributed by atoms with van der Waals surface area (Å²) < 4.78 is 23.1. The number of carbonyl (C=O) groups excluding carboxylic acids is 2. The van der Waals surface area contributed by atoms with Crippen LogP contribution in [0.25, 0.3) is 0 Å². The fourth-order valence-electron chi connectivity index (χ4n) is 6.35. The first-order valence-corrected chi connectivity index (χ1v) is 17.2. The Kier molecular flexibility index (Phi) is 10.6. The highest BCUT2D eigenvalue weighted by molar-refractivity contribution is 7.13. The number of rotatable bonds is 12. The van der Waals surface area contributed by atoms with Crippen LogP contribution in [0.3, 0.4) is 0 Å². The van der Waals surface area contributed by atoms with Gasteiger partial charge in [-0.1, -0.05) is 59.6 Å². The van der Waals surface area contributed by atoms with Gasteiger partial charge in [0.1, 0.15) is 22.5 Å². The predicted molar refractivity (Wildman–Crippen MR) is 185 cm³/mol. The van der Waals surface area contributed by atoms with Gasteiger partial charge >= 0.3 is 11.9 Å². The zero-order valence-electron chi connectivity index (χ0n) is 27.0. The van der Waals surface area contributed by atoms with E-state index in [1.807, 2.05) is 49.5 Å². The van der Waals surface area contributed by atoms with Crippen LogP contribution in [0.4, 0.5) is 0 Å². The minimum Gasteiger partial charge on any atom is -0.493 e. The number of halogens is 2. The van der Waals surface area contributed by atoms with Crippen LogP contribution in [0.2, 0.25) is 10.0 Å². The first-order valence-electron chi connectivity index (χ1n) is 15.7. The molecule has 2 fully saturated rings. The third kappa shape index (κ3) is 7.33. The lowest BCUT2D eigenvalue weighted by Gasteiger charge is -2.48. The van der Waals surface area contributed by atoms with Crippen molar-refractivity contribution in [1.82, 2.24) is 14.8 Å². The maximum atomic E-state index is 13.6. The number of benzene rings is 2. The number of ether oxygens (including phenoxy) is 4. The summed E-state index contributed by atoms with van der Waals surface area (Å²) in [6.07, 6.45) is 3.28. The van der Waals surface area contributed by atoms with E-state index in [1.165, 1.54) is 23.7 Å². The molecule has 2 atom stereocenters. The number of thiophene rings is 1. The molecule has 2 aliphatic rings. The van der Waals surface area contributed by atoms with Crippen molar-refractivity contribution in [3.05, 3.63) is 110 Å². The summed E-state index contributed by atoms with van der Waals surface area (Å²) in [7, 11) is 5.15. The number of hydrogen-bond donors (Lipinski definition) is 0. The number of nitrogens with zero attached hydrogens (tertiary/aromatic N) is 3. The van der Waals surface area contributed by atoms with Crippen molar-refractivity contribution in [2.75, 3.05) is 47.4 Å². The average Bonchev–Trinajstić information content (AvgIpc) is 3.72. The molecule has 12 heteroatoms. The Morgan fingerprint density at radius 2 is 1.73 bits per heavy atom. The van der Waals surface area contributed by atoms with E-state index < -0.39 is 17.5 Å². The number of likely N-dealkylation sites (tertiary alicyclic amines) is 2. The molecule has 0 amide bonds. The Bertz CT molecular complexity index is 1740. The molecule has 48 heavy (non-hydrogen) atoms. The van der Waals surface area contributed by atoms with Gasteiger partial charge in [-0.15, -0.1) is 11.3 Å². The molecule has 0 aliphatic carbocycles. The molecular weight excluding hydrogens is 673 g/mol. The van der Waals surface area contributed by atoms with Gasteiger partial charge in [-0.2, -0.15) is 0 Å². The SMILES string of the molecule is COc1ccc([C@H](Cc2c(Cl)cncc2Cl)OC(=O)c2ccc(CN3CC(C(=O)OC4CCN(C)C4)(c4ccccc4)C3)s2)cc1OC. The van der Waals surface area contributed by atoms with Crippen molar-refractivity contribution in [3.8, 4) is 11.5 Å². The van der Waals surface area contributed by atoms with Gasteiger partial charge in [0.15, 0.2) is 11.5 Å². The number of methoxy groups -OCH3 is 2. The molecule has 2 aliphatic heterocycles. The van der Waals surface area contributed by atoms with Gasteiger partial charge in [-0.25, -0.2) is 4.79 Å². The topological polar surface area (TPSA) is 90.4 Å². The maximum Gasteiger partial charge on any atom is 0.348 e. The molecule has 252 valence electrons. The standard InChI is InChI=1S/C36H37Cl2N3O6S/c1-40-14-13-25(19-40)46-35(43)36(24-7-5-4-6-8-24)21-41(22-36)20-26-10-12-33(48-26)34(42)47-31(16-27-28(37)17-39-18-29(27)38)23-9-11-30(44-2)32(15-23)45-3/h4-12,15,17-18,25,31H,13-14,16,19-22H2,1-3H3/t25?,31-/m0/s1. The molecule has 2 aromatic carbocycles. The summed E-state index contributed by atoms with van der Waals surface area (Å²) in [5, 5.41) is 0.756. The monoisotopic (exact) mass is 709 g/mol. The molecule has 0 spiro atoms. The van der Waals surface area contributed by atoms with E-state index >= 15 is 0 Å². The van der Waals surface area contributed by atoms with Gasteiger partial charge in [0.2, 0.25) is 0 Å². The molecule has 0 saturated carbocycles. The Hall–Kier alpha value is -3.67. The van der Waals surface area contributed by atoms with Crippen LogP contribution >= 0.6 is 34.5 Å². The number of hydrogen-bond acceptors (Lipinski definition) is 10. The van der Waals surface area contributed by atoms with E-state index in [2.05, 4.69) is 14.8 Å². The van der Waals surface area contributed by atoms with Gasteiger partial charge in [-0.3, -0.25) is 14.7 Å². The molecule has 0 radical (unpaired) electrons. The normalized spacial score (nSPS) is 18.1. The number of esters is 2. The Morgan fingerprint density at radius 1 is 1.00 bits per heavy atom. The zero-order chi connectivity index (χ0) is 33.8. The van der Waals surface area contributed by atoms with Crippen LogP contribution in [0.1, 0.15) is 43.8 Å². The van der Waals surface area contributed by atoms with E-state index in [-0.39, 0.29) is 18.5 Å². The second-order valence-corrected chi connectivity index (χ2v) is 14.2. The van der Waals surface area contributed by atoms with E-state index in [1.54, 1.807) is 32.4 Å². The van der Waals surface area contributed by atoms with Gasteiger partial charge in [-0.05, 0) is 54.4 Å². The predicted octanol–water partition coefficient (Wildman–Crippen LogP) is 6.61. The highest BCUT2D eigenvalue weighted by Crippen LogP contribution is 2.39. The summed E-state index contributed by atoms with van der Waals surface area (Å²) in [5.41, 5.74) is 1.55. The lowest BCUT2D eigenvalue weighted by atomic mass is 9.73. The van der Waals surface area contributed by atoms with Crippen molar-refractivity contribution in [1.29, 1.82) is 0 Å². The molecule has 4 aromatic rings. The van der Waals surface area contributed by atoms with Crippen LogP contribution in [0, 0.1) is 0 Å². The van der Waals surface area contributed by atoms with E-state index in [0.717, 1.165) is 30.0 Å². The smallest absolute Gasteiger partial charge is 0.348 e. The third-order valence-electron chi connectivity index (χ3n) is 8.94. The largest absolute Gasteiger partial charge is 0.493 e. The summed E-state index contributed by atoms with van der Waals surface area (Å²) in [6, 6.07) is 18.9. The van der Waals surface area contributed by atoms with Crippen LogP contribution in [0.5, 0.6) is 11.5 Å². The van der Waals surface area contributed by atoms with Crippen molar-refractivity contribution >= 4 is 46.5 Å². The molecule has 6 rings (SSSR count). The van der Waals surface area contributed by atoms with Crippen LogP contribution in [0.15, 0.2) is 73.1 Å². The third-order valence-corrected chi connectivity index (χ3v) is 10.6. The molecular formula is C36H37Cl2N3O6S. The fraction of sp³-hybridized carbons (Fsp3) is 0.361. The van der Waals surface area contributed by atoms with Crippen LogP contribution < -0.4 is 9.47 Å². The number of aromatic nitrogens is 1. The van der Waals surface area contributed by atoms with Gasteiger partial charge in [0.05, 0.1) is 24.3 Å². The zero-order valence-corrected chi connectivity index (χ0v) is 29.3. The quantitative estimate of drug-likeness (QED) is 0.151. The number of pyridine rings is 1. The average molecular weight is 711 g/mol. The maximum absolute atomic E-state index is 13.6. The van der Waals surface area contributed by atoms with Crippen molar-refractivity contribution in [2.24, 2.45) is 0 Å². The summed E-state index contributed by atoms with van der Waals surface area (Å²) >= 11 is 14.3. The van der Waals surface area contributed by atoms with Crippen LogP contribution in [-0.2, 0) is 32.6 Å². The first-order chi connectivity index (χ1) is 23.2. The Labute approximate surface area is 294 Å². The van der Waals surface area contributed by atoms with Crippen molar-refractivity contribution < 1.29 is 28.5 Å². The minimum absolute atomic E-state index is 0.0866. The second-order valence-electron chi connectivity index (χ2n) is 12.2. The van der Waals surface area contributed by atoms with Gasteiger partial charge in [0, 0.05) is 56.4 Å². The fourth-order valence-corrected chi connectivity index (χ4v) is 7.80. The van der Waals surface area contributed by atoms with Crippen LogP contribution in [-0.4, -0.2) is 80.3 Å². The Balaban J connectivity index is 1.16. The molecule has 4 heterocycles. The van der Waals surface area contributed by atoms with E-state index in [4.69, 9.17) is 42.1 Å². The molecule has 0 bridgehead atoms. The van der Waals surface area contributed by atoms with E-state index in [9.17, 15) is 9.59 Å². The highest BCUT2D eigenvalue weighted by Gasteiger charge is 2.52. The molecule has 2 saturated heterocycles. The lowest BCUT2D eigenvalue weighted by Crippen LogP contribution is -2.63. The molecule has 2 aromatic heterocycles. The van der Waals surface area contributed by atoms with E-state index in [0.29, 0.717) is 57.2 Å². The summed E-state index contributed by atoms with van der Waals surface area (Å²) in [4.78, 5) is 37.1. The molecule has 0 N–H and O–H groups in total. The summed E-state index contributed by atoms with van der Waals surface area (Å²) in [6.45, 7) is 3.33. The molecule has 9 nitrogen and oxygen atoms in total. The van der Waals surface area contributed by atoms with Gasteiger partial charge < -0.3 is 23.8 Å². The molecule has 1 unspecified atom stereocenters. The highest BCUT2D eigenvalue weighted by atomic mass is 35.5. The lowest BCUT2D eigenvalue weighted by molar-refractivity contribution is -0.163. The summed E-state index contributed by atoms with van der Waals surface area (Å²) in [5.74, 6) is 0.411. The number of likely N-dealkylation sites (N-methyl/N-ethyl adjacent to an activating group) is 1. The number of carbonyl (C=O) groups is 2. The van der Waals surface area contributed by atoms with Gasteiger partial charge in [0.25, 0.3) is 0 Å².